The Morgan fingerprint density at radius 2 is 1.79 bits per heavy atom. The molecule has 0 aliphatic rings. The van der Waals surface area contributed by atoms with Crippen LogP contribution in [0.3, 0.4) is 0 Å². The third-order valence-electron chi connectivity index (χ3n) is 4.84. The Morgan fingerprint density at radius 3 is 2.39 bits per heavy atom. The fraction of sp³-hybridized carbons (Fsp3) is 0.273. The van der Waals surface area contributed by atoms with E-state index in [4.69, 9.17) is 0 Å². The fourth-order valence-electron chi connectivity index (χ4n) is 2.86. The van der Waals surface area contributed by atoms with Crippen molar-refractivity contribution in [3.05, 3.63) is 78.1 Å². The third kappa shape index (κ3) is 4.23. The van der Waals surface area contributed by atoms with E-state index in [0.717, 1.165) is 22.4 Å². The van der Waals surface area contributed by atoms with Gasteiger partial charge in [0, 0.05) is 42.3 Å². The molecule has 28 heavy (non-hydrogen) atoms. The Labute approximate surface area is 164 Å². The van der Waals surface area contributed by atoms with Crippen molar-refractivity contribution < 1.29 is 9.90 Å². The highest BCUT2D eigenvalue weighted by molar-refractivity contribution is 5.94. The summed E-state index contributed by atoms with van der Waals surface area (Å²) in [5.41, 5.74) is 2.99. The number of rotatable bonds is 5. The molecule has 0 saturated heterocycles. The van der Waals surface area contributed by atoms with Crippen LogP contribution in [-0.2, 0) is 5.60 Å². The number of amides is 1. The molecule has 0 bridgehead atoms. The van der Waals surface area contributed by atoms with Gasteiger partial charge in [-0.15, -0.1) is 0 Å². The van der Waals surface area contributed by atoms with Gasteiger partial charge in [-0.25, -0.2) is 9.97 Å². The van der Waals surface area contributed by atoms with Crippen molar-refractivity contribution in [3.8, 4) is 11.1 Å². The van der Waals surface area contributed by atoms with Crippen LogP contribution in [0.4, 0.5) is 0 Å². The minimum Gasteiger partial charge on any atom is -0.386 e. The van der Waals surface area contributed by atoms with Gasteiger partial charge in [0.15, 0.2) is 0 Å². The Kier molecular flexibility index (Phi) is 5.51. The predicted molar refractivity (Wildman–Crippen MR) is 107 cm³/mol. The first kappa shape index (κ1) is 19.6. The smallest absolute Gasteiger partial charge is 0.254 e. The maximum atomic E-state index is 12.8. The van der Waals surface area contributed by atoms with Crippen LogP contribution in [0.5, 0.6) is 0 Å². The van der Waals surface area contributed by atoms with Gasteiger partial charge in [-0.3, -0.25) is 9.78 Å². The van der Waals surface area contributed by atoms with E-state index in [0.29, 0.717) is 5.56 Å². The lowest BCUT2D eigenvalue weighted by Crippen LogP contribution is -2.30. The first-order chi connectivity index (χ1) is 13.3. The zero-order chi connectivity index (χ0) is 20.3. The predicted octanol–water partition coefficient (Wildman–Crippen LogP) is 3.60. The first-order valence-electron chi connectivity index (χ1n) is 9.09. The molecule has 144 valence electrons. The average Bonchev–Trinajstić information content (AvgIpc) is 2.72. The Bertz CT molecular complexity index is 950. The van der Waals surface area contributed by atoms with Crippen LogP contribution in [0.1, 0.15) is 48.4 Å². The molecule has 6 nitrogen and oxygen atoms in total. The molecule has 1 N–H and O–H groups in total. The van der Waals surface area contributed by atoms with Gasteiger partial charge in [0.2, 0.25) is 0 Å². The normalized spacial score (nSPS) is 12.5. The molecule has 0 saturated carbocycles. The van der Waals surface area contributed by atoms with Crippen LogP contribution in [0, 0.1) is 0 Å². The highest BCUT2D eigenvalue weighted by Gasteiger charge is 2.20. The summed E-state index contributed by atoms with van der Waals surface area (Å²) >= 11 is 0. The molecule has 3 aromatic rings. The zero-order valence-corrected chi connectivity index (χ0v) is 16.5. The van der Waals surface area contributed by atoms with Crippen molar-refractivity contribution in [2.45, 2.75) is 32.4 Å². The lowest BCUT2D eigenvalue weighted by molar-refractivity contribution is 0.0739. The van der Waals surface area contributed by atoms with Gasteiger partial charge < -0.3 is 10.0 Å². The van der Waals surface area contributed by atoms with Crippen LogP contribution >= 0.6 is 0 Å². The van der Waals surface area contributed by atoms with Crippen LogP contribution in [0.2, 0.25) is 0 Å². The van der Waals surface area contributed by atoms with Crippen molar-refractivity contribution in [3.63, 3.8) is 0 Å². The SMILES string of the molecule is C[C@H](c1ccncn1)N(C)C(=O)c1ccc(-c2cncc(C(C)(C)O)c2)cc1. The third-order valence-corrected chi connectivity index (χ3v) is 4.84. The summed E-state index contributed by atoms with van der Waals surface area (Å²) in [5, 5.41) is 10.2. The monoisotopic (exact) mass is 376 g/mol. The zero-order valence-electron chi connectivity index (χ0n) is 16.5. The van der Waals surface area contributed by atoms with E-state index in [-0.39, 0.29) is 11.9 Å². The molecule has 0 aliphatic carbocycles. The molecule has 1 atom stereocenters. The van der Waals surface area contributed by atoms with Crippen LogP contribution < -0.4 is 0 Å². The summed E-state index contributed by atoms with van der Waals surface area (Å²) in [6.45, 7) is 5.39. The summed E-state index contributed by atoms with van der Waals surface area (Å²) in [6.07, 6.45) is 6.55. The van der Waals surface area contributed by atoms with E-state index < -0.39 is 5.60 Å². The number of carbonyl (C=O) groups is 1. The molecule has 1 aromatic carbocycles. The summed E-state index contributed by atoms with van der Waals surface area (Å²) in [7, 11) is 1.76. The number of aliphatic hydroxyl groups is 1. The molecule has 3 rings (SSSR count). The molecular weight excluding hydrogens is 352 g/mol. The average molecular weight is 376 g/mol. The summed E-state index contributed by atoms with van der Waals surface area (Å²) in [6, 6.07) is 10.9. The quantitative estimate of drug-likeness (QED) is 0.736. The molecule has 2 aromatic heterocycles. The summed E-state index contributed by atoms with van der Waals surface area (Å²) in [5.74, 6) is -0.0824. The van der Waals surface area contributed by atoms with Gasteiger partial charge in [-0.2, -0.15) is 0 Å². The number of aromatic nitrogens is 3. The van der Waals surface area contributed by atoms with Crippen molar-refractivity contribution in [2.75, 3.05) is 7.05 Å². The Morgan fingerprint density at radius 1 is 1.07 bits per heavy atom. The number of nitrogens with zero attached hydrogens (tertiary/aromatic N) is 4. The fourth-order valence-corrected chi connectivity index (χ4v) is 2.86. The highest BCUT2D eigenvalue weighted by Crippen LogP contribution is 2.26. The van der Waals surface area contributed by atoms with E-state index in [1.807, 2.05) is 25.1 Å². The molecule has 6 heteroatoms. The summed E-state index contributed by atoms with van der Waals surface area (Å²) < 4.78 is 0. The van der Waals surface area contributed by atoms with Gasteiger partial charge in [0.05, 0.1) is 17.3 Å². The second kappa shape index (κ2) is 7.86. The van der Waals surface area contributed by atoms with Crippen LogP contribution in [-0.4, -0.2) is 37.9 Å². The minimum absolute atomic E-state index is 0.0824. The largest absolute Gasteiger partial charge is 0.386 e. The van der Waals surface area contributed by atoms with E-state index >= 15 is 0 Å². The molecule has 0 radical (unpaired) electrons. The van der Waals surface area contributed by atoms with Gasteiger partial charge in [-0.05, 0) is 50.6 Å². The van der Waals surface area contributed by atoms with Crippen molar-refractivity contribution >= 4 is 5.91 Å². The van der Waals surface area contributed by atoms with E-state index in [1.54, 1.807) is 62.6 Å². The van der Waals surface area contributed by atoms with Crippen LogP contribution in [0.15, 0.2) is 61.3 Å². The van der Waals surface area contributed by atoms with Gasteiger partial charge in [0.1, 0.15) is 6.33 Å². The molecule has 0 spiro atoms. The van der Waals surface area contributed by atoms with Gasteiger partial charge in [0.25, 0.3) is 5.91 Å². The lowest BCUT2D eigenvalue weighted by Gasteiger charge is -2.24. The van der Waals surface area contributed by atoms with Crippen molar-refractivity contribution in [2.24, 2.45) is 0 Å². The first-order valence-corrected chi connectivity index (χ1v) is 9.09. The Balaban J connectivity index is 1.80. The number of hydrogen-bond acceptors (Lipinski definition) is 5. The van der Waals surface area contributed by atoms with E-state index in [2.05, 4.69) is 15.0 Å². The second-order valence-corrected chi connectivity index (χ2v) is 7.32. The van der Waals surface area contributed by atoms with Crippen molar-refractivity contribution in [1.29, 1.82) is 0 Å². The van der Waals surface area contributed by atoms with E-state index in [9.17, 15) is 9.90 Å². The number of benzene rings is 1. The molecular formula is C22H24N4O2. The maximum absolute atomic E-state index is 12.8. The lowest BCUT2D eigenvalue weighted by atomic mass is 9.96. The molecule has 0 unspecified atom stereocenters. The topological polar surface area (TPSA) is 79.2 Å². The Hall–Kier alpha value is -3.12. The highest BCUT2D eigenvalue weighted by atomic mass is 16.3. The second-order valence-electron chi connectivity index (χ2n) is 7.32. The van der Waals surface area contributed by atoms with E-state index in [1.165, 1.54) is 6.33 Å². The minimum atomic E-state index is -0.960. The standard InChI is InChI=1S/C22H24N4O2/c1-15(20-9-10-23-14-25-20)26(4)21(27)17-7-5-16(6-8-17)18-11-19(13-24-12-18)22(2,3)28/h5-15,28H,1-4H3/t15-/m1/s1. The van der Waals surface area contributed by atoms with Crippen molar-refractivity contribution in [1.82, 2.24) is 19.9 Å². The molecule has 0 aliphatic heterocycles. The number of carbonyl (C=O) groups excluding carboxylic acids is 1. The van der Waals surface area contributed by atoms with Crippen LogP contribution in [0.25, 0.3) is 11.1 Å². The number of pyridine rings is 1. The molecule has 2 heterocycles. The van der Waals surface area contributed by atoms with Gasteiger partial charge in [-0.1, -0.05) is 12.1 Å². The molecule has 1 amide bonds. The number of hydrogen-bond donors (Lipinski definition) is 1. The van der Waals surface area contributed by atoms with Gasteiger partial charge >= 0.3 is 0 Å². The molecule has 0 fully saturated rings. The summed E-state index contributed by atoms with van der Waals surface area (Å²) in [4.78, 5) is 26.9. The maximum Gasteiger partial charge on any atom is 0.254 e.